The molecule has 156 valence electrons. The molecule has 6 heteroatoms. The van der Waals surface area contributed by atoms with Crippen LogP contribution in [-0.4, -0.2) is 35.9 Å². The van der Waals surface area contributed by atoms with Gasteiger partial charge < -0.3 is 15.0 Å². The summed E-state index contributed by atoms with van der Waals surface area (Å²) in [5, 5.41) is 2.78. The van der Waals surface area contributed by atoms with Crippen LogP contribution in [0.25, 0.3) is 0 Å². The van der Waals surface area contributed by atoms with Crippen LogP contribution in [0.3, 0.4) is 0 Å². The molecule has 5 nitrogen and oxygen atoms in total. The number of benzene rings is 2. The molecule has 0 bridgehead atoms. The minimum Gasteiger partial charge on any atom is -0.484 e. The first kappa shape index (κ1) is 22.9. The van der Waals surface area contributed by atoms with Crippen molar-refractivity contribution in [3.8, 4) is 5.75 Å². The lowest BCUT2D eigenvalue weighted by Crippen LogP contribution is -2.49. The molecule has 2 rings (SSSR count). The van der Waals surface area contributed by atoms with E-state index in [-0.39, 0.29) is 18.4 Å². The van der Waals surface area contributed by atoms with Gasteiger partial charge in [0, 0.05) is 17.6 Å². The first-order chi connectivity index (χ1) is 13.8. The largest absolute Gasteiger partial charge is 0.484 e. The van der Waals surface area contributed by atoms with Crippen molar-refractivity contribution in [2.75, 3.05) is 13.2 Å². The maximum Gasteiger partial charge on any atom is 0.261 e. The molecule has 0 aliphatic carbocycles. The van der Waals surface area contributed by atoms with E-state index in [2.05, 4.69) is 35.1 Å². The molecule has 0 saturated heterocycles. The highest BCUT2D eigenvalue weighted by Crippen LogP contribution is 2.19. The molecule has 0 unspecified atom stereocenters. The van der Waals surface area contributed by atoms with E-state index in [4.69, 9.17) is 4.74 Å². The molecule has 0 aliphatic heterocycles. The van der Waals surface area contributed by atoms with Gasteiger partial charge in [0.2, 0.25) is 5.91 Å². The predicted octanol–water partition coefficient (Wildman–Crippen LogP) is 4.50. The highest BCUT2D eigenvalue weighted by Gasteiger charge is 2.26. The standard InChI is InChI=1S/C23H29BrN2O3/c1-5-25-23(28)17(4)26(14-18-6-10-20(24)11-7-18)22(27)15-29-21-12-8-19(9-13-21)16(2)3/h6-13,16-17H,5,14-15H2,1-4H3,(H,25,28)/t17-/m1/s1. The third kappa shape index (κ3) is 6.89. The topological polar surface area (TPSA) is 58.6 Å². The van der Waals surface area contributed by atoms with Crippen LogP contribution >= 0.6 is 15.9 Å². The van der Waals surface area contributed by atoms with Crippen molar-refractivity contribution in [3.63, 3.8) is 0 Å². The van der Waals surface area contributed by atoms with Gasteiger partial charge >= 0.3 is 0 Å². The molecule has 0 aromatic heterocycles. The zero-order valence-electron chi connectivity index (χ0n) is 17.4. The van der Waals surface area contributed by atoms with Crippen molar-refractivity contribution < 1.29 is 14.3 Å². The van der Waals surface area contributed by atoms with Gasteiger partial charge in [0.05, 0.1) is 0 Å². The second-order valence-electron chi connectivity index (χ2n) is 7.23. The molecule has 2 aromatic carbocycles. The van der Waals surface area contributed by atoms with Gasteiger partial charge in [0.1, 0.15) is 11.8 Å². The fraction of sp³-hybridized carbons (Fsp3) is 0.391. The summed E-state index contributed by atoms with van der Waals surface area (Å²) in [5.74, 6) is 0.654. The third-order valence-corrected chi connectivity index (χ3v) is 5.22. The summed E-state index contributed by atoms with van der Waals surface area (Å²) < 4.78 is 6.66. The van der Waals surface area contributed by atoms with E-state index in [1.807, 2.05) is 55.5 Å². The second kappa shape index (κ2) is 11.0. The summed E-state index contributed by atoms with van der Waals surface area (Å²) >= 11 is 3.41. The summed E-state index contributed by atoms with van der Waals surface area (Å²) in [7, 11) is 0. The molecule has 0 spiro atoms. The van der Waals surface area contributed by atoms with Crippen molar-refractivity contribution >= 4 is 27.7 Å². The van der Waals surface area contributed by atoms with Gasteiger partial charge in [-0.05, 0) is 55.2 Å². The lowest BCUT2D eigenvalue weighted by molar-refractivity contribution is -0.142. The van der Waals surface area contributed by atoms with Crippen LogP contribution < -0.4 is 10.1 Å². The van der Waals surface area contributed by atoms with E-state index >= 15 is 0 Å². The van der Waals surface area contributed by atoms with Crippen LogP contribution in [0.1, 0.15) is 44.7 Å². The Morgan fingerprint density at radius 1 is 1.03 bits per heavy atom. The molecule has 0 heterocycles. The molecule has 1 atom stereocenters. The van der Waals surface area contributed by atoms with Gasteiger partial charge in [0.25, 0.3) is 5.91 Å². The Hall–Kier alpha value is -2.34. The van der Waals surface area contributed by atoms with Crippen molar-refractivity contribution in [2.45, 2.75) is 46.2 Å². The van der Waals surface area contributed by atoms with Crippen LogP contribution in [-0.2, 0) is 16.1 Å². The molecule has 2 amide bonds. The van der Waals surface area contributed by atoms with Gasteiger partial charge in [-0.1, -0.05) is 54.0 Å². The van der Waals surface area contributed by atoms with Gasteiger partial charge in [-0.2, -0.15) is 0 Å². The minimum atomic E-state index is -0.599. The third-order valence-electron chi connectivity index (χ3n) is 4.69. The molecule has 2 aromatic rings. The molecule has 0 radical (unpaired) electrons. The Morgan fingerprint density at radius 2 is 1.66 bits per heavy atom. The second-order valence-corrected chi connectivity index (χ2v) is 8.15. The zero-order chi connectivity index (χ0) is 21.4. The Bertz CT molecular complexity index is 804. The Balaban J connectivity index is 2.10. The SMILES string of the molecule is CCNC(=O)[C@@H](C)N(Cc1ccc(Br)cc1)C(=O)COc1ccc(C(C)C)cc1. The zero-order valence-corrected chi connectivity index (χ0v) is 19.0. The number of halogens is 1. The number of likely N-dealkylation sites (N-methyl/N-ethyl adjacent to an activating group) is 1. The Kier molecular flexibility index (Phi) is 8.70. The van der Waals surface area contributed by atoms with Crippen LogP contribution in [0.4, 0.5) is 0 Å². The molecule has 0 fully saturated rings. The monoisotopic (exact) mass is 460 g/mol. The number of hydrogen-bond acceptors (Lipinski definition) is 3. The van der Waals surface area contributed by atoms with Crippen LogP contribution in [0.5, 0.6) is 5.75 Å². The number of ether oxygens (including phenoxy) is 1. The van der Waals surface area contributed by atoms with E-state index in [1.165, 1.54) is 5.56 Å². The minimum absolute atomic E-state index is 0.124. The quantitative estimate of drug-likeness (QED) is 0.598. The van der Waals surface area contributed by atoms with Crippen molar-refractivity contribution in [2.24, 2.45) is 0 Å². The van der Waals surface area contributed by atoms with Gasteiger partial charge in [0.15, 0.2) is 6.61 Å². The van der Waals surface area contributed by atoms with Gasteiger partial charge in [-0.25, -0.2) is 0 Å². The predicted molar refractivity (Wildman–Crippen MR) is 119 cm³/mol. The van der Waals surface area contributed by atoms with Crippen LogP contribution in [0.2, 0.25) is 0 Å². The average Bonchev–Trinajstić information content (AvgIpc) is 2.71. The molecular formula is C23H29BrN2O3. The number of nitrogens with one attached hydrogen (secondary N) is 1. The number of nitrogens with zero attached hydrogens (tertiary/aromatic N) is 1. The molecular weight excluding hydrogens is 432 g/mol. The number of hydrogen-bond donors (Lipinski definition) is 1. The van der Waals surface area contributed by atoms with E-state index in [9.17, 15) is 9.59 Å². The molecule has 0 saturated carbocycles. The summed E-state index contributed by atoms with van der Waals surface area (Å²) in [6.07, 6.45) is 0. The fourth-order valence-corrected chi connectivity index (χ4v) is 3.13. The number of amides is 2. The normalized spacial score (nSPS) is 11.8. The highest BCUT2D eigenvalue weighted by molar-refractivity contribution is 9.10. The smallest absolute Gasteiger partial charge is 0.261 e. The summed E-state index contributed by atoms with van der Waals surface area (Å²) in [6, 6.07) is 14.8. The van der Waals surface area contributed by atoms with E-state index in [0.717, 1.165) is 10.0 Å². The van der Waals surface area contributed by atoms with Crippen molar-refractivity contribution in [1.29, 1.82) is 0 Å². The van der Waals surface area contributed by atoms with E-state index in [0.29, 0.717) is 24.8 Å². The lowest BCUT2D eigenvalue weighted by atomic mass is 10.0. The maximum absolute atomic E-state index is 12.9. The maximum atomic E-state index is 12.9. The van der Waals surface area contributed by atoms with Crippen molar-refractivity contribution in [1.82, 2.24) is 10.2 Å². The molecule has 1 N–H and O–H groups in total. The van der Waals surface area contributed by atoms with Crippen LogP contribution in [0, 0.1) is 0 Å². The molecule has 0 aliphatic rings. The van der Waals surface area contributed by atoms with Crippen molar-refractivity contribution in [3.05, 3.63) is 64.1 Å². The van der Waals surface area contributed by atoms with E-state index in [1.54, 1.807) is 11.8 Å². The Morgan fingerprint density at radius 3 is 2.21 bits per heavy atom. The average molecular weight is 461 g/mol. The van der Waals surface area contributed by atoms with E-state index < -0.39 is 6.04 Å². The van der Waals surface area contributed by atoms with Gasteiger partial charge in [-0.3, -0.25) is 9.59 Å². The summed E-state index contributed by atoms with van der Waals surface area (Å²) in [5.41, 5.74) is 2.16. The van der Waals surface area contributed by atoms with Crippen LogP contribution in [0.15, 0.2) is 53.0 Å². The first-order valence-electron chi connectivity index (χ1n) is 9.86. The molecule has 29 heavy (non-hydrogen) atoms. The number of carbonyl (C=O) groups is 2. The first-order valence-corrected chi connectivity index (χ1v) is 10.7. The highest BCUT2D eigenvalue weighted by atomic mass is 79.9. The lowest BCUT2D eigenvalue weighted by Gasteiger charge is -2.28. The summed E-state index contributed by atoms with van der Waals surface area (Å²) in [4.78, 5) is 26.8. The number of carbonyl (C=O) groups excluding carboxylic acids is 2. The Labute approximate surface area is 181 Å². The fourth-order valence-electron chi connectivity index (χ4n) is 2.87. The van der Waals surface area contributed by atoms with Gasteiger partial charge in [-0.15, -0.1) is 0 Å². The number of rotatable bonds is 9. The summed E-state index contributed by atoms with van der Waals surface area (Å²) in [6.45, 7) is 8.57.